The van der Waals surface area contributed by atoms with E-state index in [-0.39, 0.29) is 0 Å². The molecule has 2 heteroatoms. The Kier molecular flexibility index (Phi) is 5.35. The molecule has 0 saturated carbocycles. The molecule has 0 unspecified atom stereocenters. The van der Waals surface area contributed by atoms with E-state index in [1.54, 1.807) is 0 Å². The van der Waals surface area contributed by atoms with E-state index in [2.05, 4.69) is 41.7 Å². The lowest BCUT2D eigenvalue weighted by atomic mass is 10.2. The quantitative estimate of drug-likeness (QED) is 0.467. The van der Waals surface area contributed by atoms with Crippen molar-refractivity contribution in [2.75, 3.05) is 0 Å². The minimum absolute atomic E-state index is 1.16. The lowest BCUT2D eigenvalue weighted by Gasteiger charge is -1.95. The number of aryl methyl sites for hydroxylation is 2. The summed E-state index contributed by atoms with van der Waals surface area (Å²) in [6.45, 7) is 6.82. The van der Waals surface area contributed by atoms with Crippen LogP contribution in [0.1, 0.15) is 46.0 Å². The van der Waals surface area contributed by atoms with Gasteiger partial charge in [0.2, 0.25) is 6.33 Å². The number of hydrogen-bond donors (Lipinski definition) is 0. The van der Waals surface area contributed by atoms with Crippen LogP contribution >= 0.6 is 0 Å². The van der Waals surface area contributed by atoms with E-state index >= 15 is 0 Å². The summed E-state index contributed by atoms with van der Waals surface area (Å²) in [6, 6.07) is 0. The van der Waals surface area contributed by atoms with Crippen molar-refractivity contribution in [3.63, 3.8) is 0 Å². The van der Waals surface area contributed by atoms with Crippen molar-refractivity contribution >= 4 is 0 Å². The molecule has 0 amide bonds. The van der Waals surface area contributed by atoms with Crippen molar-refractivity contribution in [2.24, 2.45) is 0 Å². The molecule has 0 spiro atoms. The SMILES string of the molecule is CCCCCn1cc[n+](CCCC)c1. The molecular weight excluding hydrogens is 172 g/mol. The minimum Gasteiger partial charge on any atom is -0.237 e. The Bertz CT molecular complexity index is 240. The van der Waals surface area contributed by atoms with Gasteiger partial charge in [-0.3, -0.25) is 0 Å². The van der Waals surface area contributed by atoms with Gasteiger partial charge in [-0.15, -0.1) is 0 Å². The summed E-state index contributed by atoms with van der Waals surface area (Å²) < 4.78 is 4.58. The van der Waals surface area contributed by atoms with E-state index in [0.717, 1.165) is 6.54 Å². The van der Waals surface area contributed by atoms with Crippen LogP contribution in [0.5, 0.6) is 0 Å². The summed E-state index contributed by atoms with van der Waals surface area (Å²) in [5.41, 5.74) is 0. The summed E-state index contributed by atoms with van der Waals surface area (Å²) in [6.07, 6.45) is 13.1. The van der Waals surface area contributed by atoms with Crippen LogP contribution in [0.2, 0.25) is 0 Å². The average Bonchev–Trinajstić information content (AvgIpc) is 2.63. The number of rotatable bonds is 7. The Morgan fingerprint density at radius 3 is 2.57 bits per heavy atom. The first-order valence-corrected chi connectivity index (χ1v) is 5.91. The zero-order valence-electron chi connectivity index (χ0n) is 9.58. The molecule has 0 radical (unpaired) electrons. The molecule has 0 aliphatic heterocycles. The molecule has 1 heterocycles. The van der Waals surface area contributed by atoms with Gasteiger partial charge in [0.25, 0.3) is 0 Å². The van der Waals surface area contributed by atoms with E-state index in [4.69, 9.17) is 0 Å². The highest BCUT2D eigenvalue weighted by Gasteiger charge is 2.01. The smallest absolute Gasteiger partial charge is 0.237 e. The second kappa shape index (κ2) is 6.63. The monoisotopic (exact) mass is 195 g/mol. The molecule has 0 atom stereocenters. The van der Waals surface area contributed by atoms with Crippen LogP contribution in [-0.4, -0.2) is 4.57 Å². The van der Waals surface area contributed by atoms with Crippen molar-refractivity contribution in [3.8, 4) is 0 Å². The summed E-state index contributed by atoms with van der Waals surface area (Å²) in [4.78, 5) is 0. The molecule has 1 aromatic rings. The van der Waals surface area contributed by atoms with Gasteiger partial charge in [-0.05, 0) is 19.3 Å². The topological polar surface area (TPSA) is 8.81 Å². The van der Waals surface area contributed by atoms with Crippen molar-refractivity contribution in [1.29, 1.82) is 0 Å². The molecule has 80 valence electrons. The zero-order chi connectivity index (χ0) is 10.2. The maximum absolute atomic E-state index is 2.30. The third kappa shape index (κ3) is 3.95. The number of unbranched alkanes of at least 4 members (excludes halogenated alkanes) is 3. The van der Waals surface area contributed by atoms with Gasteiger partial charge in [0.05, 0.1) is 13.1 Å². The van der Waals surface area contributed by atoms with E-state index in [9.17, 15) is 0 Å². The van der Waals surface area contributed by atoms with Gasteiger partial charge in [-0.25, -0.2) is 9.13 Å². The van der Waals surface area contributed by atoms with Crippen molar-refractivity contribution < 1.29 is 4.57 Å². The van der Waals surface area contributed by atoms with Crippen LogP contribution in [0.4, 0.5) is 0 Å². The molecule has 0 aliphatic carbocycles. The molecule has 0 aromatic carbocycles. The highest BCUT2D eigenvalue weighted by Crippen LogP contribution is 1.97. The van der Waals surface area contributed by atoms with Gasteiger partial charge >= 0.3 is 0 Å². The van der Waals surface area contributed by atoms with Gasteiger partial charge in [0, 0.05) is 0 Å². The number of nitrogens with zero attached hydrogens (tertiary/aromatic N) is 2. The average molecular weight is 195 g/mol. The van der Waals surface area contributed by atoms with Crippen LogP contribution in [0.3, 0.4) is 0 Å². The lowest BCUT2D eigenvalue weighted by Crippen LogP contribution is -2.30. The molecular formula is C12H23N2+. The predicted molar refractivity (Wildman–Crippen MR) is 59.1 cm³/mol. The first-order chi connectivity index (χ1) is 6.86. The normalized spacial score (nSPS) is 10.7. The fourth-order valence-electron chi connectivity index (χ4n) is 1.59. The van der Waals surface area contributed by atoms with Crippen LogP contribution in [0.25, 0.3) is 0 Å². The molecule has 0 saturated heterocycles. The molecule has 0 N–H and O–H groups in total. The highest BCUT2D eigenvalue weighted by molar-refractivity contribution is 4.65. The Morgan fingerprint density at radius 2 is 1.86 bits per heavy atom. The van der Waals surface area contributed by atoms with E-state index in [1.807, 2.05) is 0 Å². The third-order valence-electron chi connectivity index (χ3n) is 2.54. The van der Waals surface area contributed by atoms with Crippen LogP contribution < -0.4 is 4.57 Å². The maximum atomic E-state index is 2.30. The molecule has 2 nitrogen and oxygen atoms in total. The fraction of sp³-hybridized carbons (Fsp3) is 0.750. The van der Waals surface area contributed by atoms with Gasteiger partial charge in [0.1, 0.15) is 12.4 Å². The summed E-state index contributed by atoms with van der Waals surface area (Å²) in [5, 5.41) is 0. The summed E-state index contributed by atoms with van der Waals surface area (Å²) >= 11 is 0. The molecule has 0 aliphatic rings. The largest absolute Gasteiger partial charge is 0.243 e. The predicted octanol–water partition coefficient (Wildman–Crippen LogP) is 2.77. The van der Waals surface area contributed by atoms with Gasteiger partial charge in [0.15, 0.2) is 0 Å². The second-order valence-corrected chi connectivity index (χ2v) is 3.95. The van der Waals surface area contributed by atoms with Gasteiger partial charge in [-0.2, -0.15) is 0 Å². The van der Waals surface area contributed by atoms with E-state index < -0.39 is 0 Å². The molecule has 1 rings (SSSR count). The second-order valence-electron chi connectivity index (χ2n) is 3.95. The van der Waals surface area contributed by atoms with Gasteiger partial charge < -0.3 is 0 Å². The summed E-state index contributed by atoms with van der Waals surface area (Å²) in [5.74, 6) is 0. The van der Waals surface area contributed by atoms with Crippen molar-refractivity contribution in [1.82, 2.24) is 4.57 Å². The van der Waals surface area contributed by atoms with E-state index in [1.165, 1.54) is 38.6 Å². The first kappa shape index (κ1) is 11.3. The Labute approximate surface area is 87.6 Å². The highest BCUT2D eigenvalue weighted by atomic mass is 15.1. The van der Waals surface area contributed by atoms with Crippen molar-refractivity contribution in [2.45, 2.75) is 59.0 Å². The summed E-state index contributed by atoms with van der Waals surface area (Å²) in [7, 11) is 0. The van der Waals surface area contributed by atoms with Crippen LogP contribution in [0, 0.1) is 0 Å². The Balaban J connectivity index is 2.27. The number of hydrogen-bond acceptors (Lipinski definition) is 0. The minimum atomic E-state index is 1.16. The van der Waals surface area contributed by atoms with Crippen LogP contribution in [0.15, 0.2) is 18.7 Å². The molecule has 0 bridgehead atoms. The first-order valence-electron chi connectivity index (χ1n) is 5.91. The van der Waals surface area contributed by atoms with Gasteiger partial charge in [-0.1, -0.05) is 26.7 Å². The number of aromatic nitrogens is 2. The third-order valence-corrected chi connectivity index (χ3v) is 2.54. The standard InChI is InChI=1S/C12H23N2/c1-3-5-7-9-14-11-10-13(12-14)8-6-4-2/h10-12H,3-9H2,1-2H3/q+1. The zero-order valence-corrected chi connectivity index (χ0v) is 9.58. The Hall–Kier alpha value is -0.790. The fourth-order valence-corrected chi connectivity index (χ4v) is 1.59. The molecule has 14 heavy (non-hydrogen) atoms. The maximum Gasteiger partial charge on any atom is 0.243 e. The van der Waals surface area contributed by atoms with Crippen LogP contribution in [-0.2, 0) is 13.1 Å². The Morgan fingerprint density at radius 1 is 1.07 bits per heavy atom. The molecule has 0 fully saturated rings. The lowest BCUT2D eigenvalue weighted by molar-refractivity contribution is -0.696. The van der Waals surface area contributed by atoms with E-state index in [0.29, 0.717) is 0 Å². The number of imidazole rings is 1. The molecule has 1 aromatic heterocycles. The van der Waals surface area contributed by atoms with Crippen molar-refractivity contribution in [3.05, 3.63) is 18.7 Å².